The molecule has 0 saturated carbocycles. The van der Waals surface area contributed by atoms with E-state index < -0.39 is 6.29 Å². The number of rotatable bonds is 4. The summed E-state index contributed by atoms with van der Waals surface area (Å²) < 4.78 is 10.7. The predicted octanol–water partition coefficient (Wildman–Crippen LogP) is 2.25. The second kappa shape index (κ2) is 5.24. The van der Waals surface area contributed by atoms with E-state index >= 15 is 0 Å². The Balaban J connectivity index is 2.83. The van der Waals surface area contributed by atoms with Gasteiger partial charge in [0.25, 0.3) is 0 Å². The van der Waals surface area contributed by atoms with Crippen molar-refractivity contribution in [2.45, 2.75) is 6.29 Å². The summed E-state index contributed by atoms with van der Waals surface area (Å²) in [6.07, 6.45) is -0.823. The van der Waals surface area contributed by atoms with Crippen molar-refractivity contribution in [3.63, 3.8) is 0 Å². The molecule has 0 aliphatic carbocycles. The first-order valence-electron chi connectivity index (χ1n) is 4.04. The Labute approximate surface area is 91.1 Å². The highest BCUT2D eigenvalue weighted by molar-refractivity contribution is 9.10. The molecule has 0 N–H and O–H groups in total. The maximum Gasteiger partial charge on any atom is 0.222 e. The first-order valence-corrected chi connectivity index (χ1v) is 4.83. The van der Waals surface area contributed by atoms with Crippen molar-refractivity contribution in [1.82, 2.24) is 0 Å². The Morgan fingerprint density at radius 1 is 1.21 bits per heavy atom. The first-order chi connectivity index (χ1) is 6.69. The summed E-state index contributed by atoms with van der Waals surface area (Å²) in [5.41, 5.74) is 0.571. The van der Waals surface area contributed by atoms with Crippen molar-refractivity contribution >= 4 is 21.7 Å². The Hall–Kier alpha value is -0.710. The quantitative estimate of drug-likeness (QED) is 0.614. The van der Waals surface area contributed by atoms with Gasteiger partial charge in [-0.3, -0.25) is 4.79 Å². The van der Waals surface area contributed by atoms with E-state index in [1.54, 1.807) is 24.3 Å². The van der Waals surface area contributed by atoms with Gasteiger partial charge in [0.2, 0.25) is 12.1 Å². The van der Waals surface area contributed by atoms with Crippen LogP contribution in [0.4, 0.5) is 0 Å². The molecule has 0 radical (unpaired) electrons. The molecular formula is C10H11BrO3. The first kappa shape index (κ1) is 11.4. The summed E-state index contributed by atoms with van der Waals surface area (Å²) in [7, 11) is 2.87. The van der Waals surface area contributed by atoms with Gasteiger partial charge in [0, 0.05) is 24.3 Å². The lowest BCUT2D eigenvalue weighted by molar-refractivity contribution is -0.0742. The van der Waals surface area contributed by atoms with Crippen LogP contribution in [-0.2, 0) is 9.47 Å². The second-order valence-corrected chi connectivity index (χ2v) is 3.59. The van der Waals surface area contributed by atoms with E-state index in [2.05, 4.69) is 15.9 Å². The fourth-order valence-corrected chi connectivity index (χ4v) is 1.32. The summed E-state index contributed by atoms with van der Waals surface area (Å²) >= 11 is 3.29. The molecule has 0 heterocycles. The van der Waals surface area contributed by atoms with E-state index in [9.17, 15) is 4.79 Å². The number of Topliss-reactive ketones (excluding diaryl/α,β-unsaturated/α-hetero) is 1. The zero-order chi connectivity index (χ0) is 10.6. The van der Waals surface area contributed by atoms with Gasteiger partial charge in [0.15, 0.2) is 0 Å². The fourth-order valence-electron chi connectivity index (χ4n) is 1.06. The Kier molecular flexibility index (Phi) is 4.25. The van der Waals surface area contributed by atoms with Crippen molar-refractivity contribution in [3.05, 3.63) is 34.3 Å². The van der Waals surface area contributed by atoms with Crippen LogP contribution >= 0.6 is 15.9 Å². The van der Waals surface area contributed by atoms with Crippen molar-refractivity contribution < 1.29 is 14.3 Å². The van der Waals surface area contributed by atoms with Gasteiger partial charge in [-0.1, -0.05) is 28.1 Å². The average molecular weight is 259 g/mol. The third-order valence-electron chi connectivity index (χ3n) is 1.77. The third-order valence-corrected chi connectivity index (χ3v) is 2.30. The average Bonchev–Trinajstić information content (AvgIpc) is 2.20. The number of benzene rings is 1. The number of carbonyl (C=O) groups excluding carboxylic acids is 1. The SMILES string of the molecule is COC(OC)C(=O)c1ccc(Br)cc1. The lowest BCUT2D eigenvalue weighted by Crippen LogP contribution is -2.24. The maximum absolute atomic E-state index is 11.7. The van der Waals surface area contributed by atoms with E-state index in [0.29, 0.717) is 5.56 Å². The highest BCUT2D eigenvalue weighted by Crippen LogP contribution is 2.12. The van der Waals surface area contributed by atoms with Crippen LogP contribution in [0, 0.1) is 0 Å². The zero-order valence-corrected chi connectivity index (χ0v) is 9.58. The van der Waals surface area contributed by atoms with Crippen molar-refractivity contribution in [3.8, 4) is 0 Å². The maximum atomic E-state index is 11.7. The van der Waals surface area contributed by atoms with Crippen LogP contribution in [0.2, 0.25) is 0 Å². The summed E-state index contributed by atoms with van der Waals surface area (Å²) in [6, 6.07) is 7.04. The van der Waals surface area contributed by atoms with Crippen LogP contribution in [0.25, 0.3) is 0 Å². The van der Waals surface area contributed by atoms with Crippen LogP contribution in [-0.4, -0.2) is 26.3 Å². The third kappa shape index (κ3) is 2.64. The topological polar surface area (TPSA) is 35.5 Å². The standard InChI is InChI=1S/C10H11BrO3/c1-13-10(14-2)9(12)7-3-5-8(11)6-4-7/h3-6,10H,1-2H3. The number of hydrogen-bond acceptors (Lipinski definition) is 3. The minimum absolute atomic E-state index is 0.178. The Bertz CT molecular complexity index is 304. The van der Waals surface area contributed by atoms with Crippen LogP contribution in [0.5, 0.6) is 0 Å². The number of halogens is 1. The molecular weight excluding hydrogens is 248 g/mol. The van der Waals surface area contributed by atoms with Crippen molar-refractivity contribution in [1.29, 1.82) is 0 Å². The minimum atomic E-state index is -0.823. The van der Waals surface area contributed by atoms with Gasteiger partial charge in [0.05, 0.1) is 0 Å². The highest BCUT2D eigenvalue weighted by atomic mass is 79.9. The molecule has 14 heavy (non-hydrogen) atoms. The summed E-state index contributed by atoms with van der Waals surface area (Å²) in [5.74, 6) is -0.178. The molecule has 1 aromatic rings. The van der Waals surface area contributed by atoms with Crippen molar-refractivity contribution in [2.24, 2.45) is 0 Å². The molecule has 0 bridgehead atoms. The number of hydrogen-bond donors (Lipinski definition) is 0. The van der Waals surface area contributed by atoms with E-state index in [0.717, 1.165) is 4.47 Å². The van der Waals surface area contributed by atoms with Crippen molar-refractivity contribution in [2.75, 3.05) is 14.2 Å². The van der Waals surface area contributed by atoms with E-state index in [4.69, 9.17) is 9.47 Å². The van der Waals surface area contributed by atoms with Gasteiger partial charge in [-0.25, -0.2) is 0 Å². The molecule has 3 nitrogen and oxygen atoms in total. The molecule has 0 amide bonds. The summed E-state index contributed by atoms with van der Waals surface area (Å²) in [6.45, 7) is 0. The van der Waals surface area contributed by atoms with Crippen LogP contribution in [0.15, 0.2) is 28.7 Å². The number of ether oxygens (including phenoxy) is 2. The zero-order valence-electron chi connectivity index (χ0n) is 7.99. The molecule has 0 aromatic heterocycles. The van der Waals surface area contributed by atoms with Gasteiger partial charge < -0.3 is 9.47 Å². The molecule has 1 rings (SSSR count). The Morgan fingerprint density at radius 3 is 2.14 bits per heavy atom. The van der Waals surface area contributed by atoms with Gasteiger partial charge in [0.1, 0.15) is 0 Å². The van der Waals surface area contributed by atoms with E-state index in [1.165, 1.54) is 14.2 Å². The largest absolute Gasteiger partial charge is 0.349 e. The number of methoxy groups -OCH3 is 2. The normalized spacial score (nSPS) is 10.6. The molecule has 4 heteroatoms. The fraction of sp³-hybridized carbons (Fsp3) is 0.300. The molecule has 0 aliphatic rings. The van der Waals surface area contributed by atoms with Gasteiger partial charge in [-0.2, -0.15) is 0 Å². The molecule has 0 aliphatic heterocycles. The Morgan fingerprint density at radius 2 is 1.71 bits per heavy atom. The molecule has 0 unspecified atom stereocenters. The lowest BCUT2D eigenvalue weighted by Gasteiger charge is -2.11. The minimum Gasteiger partial charge on any atom is -0.349 e. The summed E-state index contributed by atoms with van der Waals surface area (Å²) in [5, 5.41) is 0. The highest BCUT2D eigenvalue weighted by Gasteiger charge is 2.18. The van der Waals surface area contributed by atoms with Crippen LogP contribution in [0.3, 0.4) is 0 Å². The van der Waals surface area contributed by atoms with E-state index in [-0.39, 0.29) is 5.78 Å². The number of ketones is 1. The predicted molar refractivity (Wildman–Crippen MR) is 56.3 cm³/mol. The number of carbonyl (C=O) groups is 1. The molecule has 76 valence electrons. The van der Waals surface area contributed by atoms with Gasteiger partial charge in [-0.15, -0.1) is 0 Å². The lowest BCUT2D eigenvalue weighted by atomic mass is 10.1. The molecule has 0 spiro atoms. The smallest absolute Gasteiger partial charge is 0.222 e. The monoisotopic (exact) mass is 258 g/mol. The molecule has 0 fully saturated rings. The molecule has 0 atom stereocenters. The molecule has 0 saturated heterocycles. The van der Waals surface area contributed by atoms with Crippen LogP contribution in [0.1, 0.15) is 10.4 Å². The second-order valence-electron chi connectivity index (χ2n) is 2.67. The molecule has 1 aromatic carbocycles. The van der Waals surface area contributed by atoms with Crippen LogP contribution < -0.4 is 0 Å². The van der Waals surface area contributed by atoms with Gasteiger partial charge >= 0.3 is 0 Å². The summed E-state index contributed by atoms with van der Waals surface area (Å²) in [4.78, 5) is 11.7. The van der Waals surface area contributed by atoms with Gasteiger partial charge in [-0.05, 0) is 12.1 Å². The van der Waals surface area contributed by atoms with E-state index in [1.807, 2.05) is 0 Å².